The van der Waals surface area contributed by atoms with Gasteiger partial charge in [-0.3, -0.25) is 0 Å². The number of hydrogen-bond acceptors (Lipinski definition) is 3. The largest absolute Gasteiger partial charge is 0.497 e. The average Bonchev–Trinajstić information content (AvgIpc) is 2.38. The number of carbonyl (C=O) groups is 1. The van der Waals surface area contributed by atoms with Gasteiger partial charge in [0, 0.05) is 29.9 Å². The van der Waals surface area contributed by atoms with Gasteiger partial charge in [0.05, 0.1) is 14.2 Å². The fourth-order valence-electron chi connectivity index (χ4n) is 1.78. The summed E-state index contributed by atoms with van der Waals surface area (Å²) in [6.07, 6.45) is 1.99. The number of ether oxygens (including phenoxy) is 2. The molecule has 0 unspecified atom stereocenters. The predicted molar refractivity (Wildman–Crippen MR) is 76.1 cm³/mol. The van der Waals surface area contributed by atoms with E-state index in [1.807, 2.05) is 6.92 Å². The summed E-state index contributed by atoms with van der Waals surface area (Å²) in [6.45, 7) is 4.07. The third kappa shape index (κ3) is 5.07. The maximum Gasteiger partial charge on any atom is 0.319 e. The van der Waals surface area contributed by atoms with Crippen LogP contribution in [0.3, 0.4) is 0 Å². The van der Waals surface area contributed by atoms with E-state index >= 15 is 0 Å². The quantitative estimate of drug-likeness (QED) is 0.832. The second-order valence-corrected chi connectivity index (χ2v) is 4.39. The zero-order chi connectivity index (χ0) is 14.3. The first kappa shape index (κ1) is 15.1. The van der Waals surface area contributed by atoms with E-state index in [1.54, 1.807) is 32.4 Å². The number of rotatable bonds is 6. The van der Waals surface area contributed by atoms with Crippen LogP contribution < -0.4 is 20.1 Å². The summed E-state index contributed by atoms with van der Waals surface area (Å²) in [5.41, 5.74) is 0.636. The Balaban J connectivity index is 2.67. The molecule has 0 spiro atoms. The lowest BCUT2D eigenvalue weighted by Gasteiger charge is -2.14. The lowest BCUT2D eigenvalue weighted by Crippen LogP contribution is -2.35. The van der Waals surface area contributed by atoms with Crippen LogP contribution in [0.1, 0.15) is 26.7 Å². The molecule has 0 aromatic heterocycles. The van der Waals surface area contributed by atoms with Crippen LogP contribution >= 0.6 is 0 Å². The smallest absolute Gasteiger partial charge is 0.319 e. The second-order valence-electron chi connectivity index (χ2n) is 4.39. The van der Waals surface area contributed by atoms with Crippen molar-refractivity contribution in [2.24, 2.45) is 0 Å². The first-order valence-electron chi connectivity index (χ1n) is 6.39. The molecule has 106 valence electrons. The number of hydrogen-bond donors (Lipinski definition) is 2. The van der Waals surface area contributed by atoms with Crippen molar-refractivity contribution in [2.75, 3.05) is 19.5 Å². The lowest BCUT2D eigenvalue weighted by molar-refractivity contribution is 0.248. The molecular formula is C14H22N2O3. The fourth-order valence-corrected chi connectivity index (χ4v) is 1.78. The van der Waals surface area contributed by atoms with Crippen molar-refractivity contribution in [3.8, 4) is 11.5 Å². The predicted octanol–water partition coefficient (Wildman–Crippen LogP) is 3.01. The van der Waals surface area contributed by atoms with E-state index in [0.717, 1.165) is 12.8 Å². The summed E-state index contributed by atoms with van der Waals surface area (Å²) in [6, 6.07) is 5.16. The van der Waals surface area contributed by atoms with Gasteiger partial charge >= 0.3 is 6.03 Å². The number of nitrogens with one attached hydrogen (secondary N) is 2. The molecule has 1 aromatic rings. The lowest BCUT2D eigenvalue weighted by atomic mass is 10.2. The molecule has 0 saturated heterocycles. The highest BCUT2D eigenvalue weighted by molar-refractivity contribution is 5.89. The summed E-state index contributed by atoms with van der Waals surface area (Å²) in [5.74, 6) is 1.27. The van der Waals surface area contributed by atoms with Crippen molar-refractivity contribution in [1.29, 1.82) is 0 Å². The number of carbonyl (C=O) groups excluding carboxylic acids is 1. The molecule has 19 heavy (non-hydrogen) atoms. The molecule has 1 atom stereocenters. The molecule has 1 aromatic carbocycles. The topological polar surface area (TPSA) is 59.6 Å². The van der Waals surface area contributed by atoms with Crippen molar-refractivity contribution in [2.45, 2.75) is 32.7 Å². The third-order valence-electron chi connectivity index (χ3n) is 2.71. The summed E-state index contributed by atoms with van der Waals surface area (Å²) >= 11 is 0. The van der Waals surface area contributed by atoms with E-state index in [2.05, 4.69) is 17.6 Å². The van der Waals surface area contributed by atoms with E-state index in [-0.39, 0.29) is 12.1 Å². The maximum atomic E-state index is 11.8. The summed E-state index contributed by atoms with van der Waals surface area (Å²) in [7, 11) is 3.14. The number of methoxy groups -OCH3 is 2. The Kier molecular flexibility index (Phi) is 5.99. The van der Waals surface area contributed by atoms with Crippen molar-refractivity contribution in [1.82, 2.24) is 5.32 Å². The monoisotopic (exact) mass is 266 g/mol. The molecule has 0 fully saturated rings. The first-order valence-corrected chi connectivity index (χ1v) is 6.39. The molecule has 5 nitrogen and oxygen atoms in total. The highest BCUT2D eigenvalue weighted by Gasteiger charge is 2.08. The van der Waals surface area contributed by atoms with Crippen LogP contribution in [0.5, 0.6) is 11.5 Å². The average molecular weight is 266 g/mol. The van der Waals surface area contributed by atoms with Gasteiger partial charge in [0.2, 0.25) is 0 Å². The highest BCUT2D eigenvalue weighted by Crippen LogP contribution is 2.25. The van der Waals surface area contributed by atoms with Crippen LogP contribution in [-0.4, -0.2) is 26.3 Å². The van der Waals surface area contributed by atoms with Crippen molar-refractivity contribution in [3.05, 3.63) is 18.2 Å². The molecule has 5 heteroatoms. The highest BCUT2D eigenvalue weighted by atomic mass is 16.5. The molecule has 0 aliphatic heterocycles. The number of amides is 2. The van der Waals surface area contributed by atoms with E-state index in [0.29, 0.717) is 17.2 Å². The van der Waals surface area contributed by atoms with Gasteiger partial charge in [-0.25, -0.2) is 4.79 Å². The first-order chi connectivity index (χ1) is 9.08. The molecule has 0 aliphatic rings. The van der Waals surface area contributed by atoms with Crippen molar-refractivity contribution in [3.63, 3.8) is 0 Å². The SMILES string of the molecule is CCC[C@H](C)NC(=O)Nc1cc(OC)cc(OC)c1. The summed E-state index contributed by atoms with van der Waals surface area (Å²) in [4.78, 5) is 11.8. The van der Waals surface area contributed by atoms with Gasteiger partial charge in [0.1, 0.15) is 11.5 Å². The molecule has 0 radical (unpaired) electrons. The van der Waals surface area contributed by atoms with Gasteiger partial charge in [-0.1, -0.05) is 13.3 Å². The van der Waals surface area contributed by atoms with Crippen LogP contribution in [0, 0.1) is 0 Å². The van der Waals surface area contributed by atoms with Gasteiger partial charge in [0.25, 0.3) is 0 Å². The Morgan fingerprint density at radius 1 is 1.21 bits per heavy atom. The summed E-state index contributed by atoms with van der Waals surface area (Å²) < 4.78 is 10.3. The van der Waals surface area contributed by atoms with E-state index in [9.17, 15) is 4.79 Å². The minimum atomic E-state index is -0.226. The minimum absolute atomic E-state index is 0.150. The molecule has 0 saturated carbocycles. The summed E-state index contributed by atoms with van der Waals surface area (Å²) in [5, 5.41) is 5.64. The Bertz CT molecular complexity index is 399. The zero-order valence-electron chi connectivity index (χ0n) is 11.9. The van der Waals surface area contributed by atoms with E-state index in [4.69, 9.17) is 9.47 Å². The van der Waals surface area contributed by atoms with Crippen LogP contribution in [0.4, 0.5) is 10.5 Å². The van der Waals surface area contributed by atoms with Gasteiger partial charge in [-0.05, 0) is 13.3 Å². The molecular weight excluding hydrogens is 244 g/mol. The molecule has 0 heterocycles. The molecule has 2 N–H and O–H groups in total. The molecule has 2 amide bonds. The van der Waals surface area contributed by atoms with Gasteiger partial charge in [-0.2, -0.15) is 0 Å². The Morgan fingerprint density at radius 3 is 2.26 bits per heavy atom. The second kappa shape index (κ2) is 7.51. The molecule has 0 bridgehead atoms. The zero-order valence-corrected chi connectivity index (χ0v) is 11.9. The van der Waals surface area contributed by atoms with Crippen molar-refractivity contribution < 1.29 is 14.3 Å². The Morgan fingerprint density at radius 2 is 1.79 bits per heavy atom. The van der Waals surface area contributed by atoms with E-state index < -0.39 is 0 Å². The normalized spacial score (nSPS) is 11.6. The third-order valence-corrected chi connectivity index (χ3v) is 2.71. The van der Waals surface area contributed by atoms with Gasteiger partial charge in [0.15, 0.2) is 0 Å². The molecule has 0 aliphatic carbocycles. The Hall–Kier alpha value is -1.91. The van der Waals surface area contributed by atoms with Gasteiger partial charge in [-0.15, -0.1) is 0 Å². The van der Waals surface area contributed by atoms with Crippen LogP contribution in [0.15, 0.2) is 18.2 Å². The number of benzene rings is 1. The van der Waals surface area contributed by atoms with Crippen LogP contribution in [-0.2, 0) is 0 Å². The van der Waals surface area contributed by atoms with E-state index in [1.165, 1.54) is 0 Å². The van der Waals surface area contributed by atoms with Crippen molar-refractivity contribution >= 4 is 11.7 Å². The fraction of sp³-hybridized carbons (Fsp3) is 0.500. The van der Waals surface area contributed by atoms with Gasteiger partial charge < -0.3 is 20.1 Å². The minimum Gasteiger partial charge on any atom is -0.497 e. The number of urea groups is 1. The molecule has 1 rings (SSSR count). The number of anilines is 1. The van der Waals surface area contributed by atoms with Crippen LogP contribution in [0.25, 0.3) is 0 Å². The van der Waals surface area contributed by atoms with Crippen LogP contribution in [0.2, 0.25) is 0 Å². The Labute approximate surface area is 114 Å². The standard InChI is InChI=1S/C14H22N2O3/c1-5-6-10(2)15-14(17)16-11-7-12(18-3)9-13(8-11)19-4/h7-10H,5-6H2,1-4H3,(H2,15,16,17)/t10-/m0/s1. The maximum absolute atomic E-state index is 11.8.